The zero-order valence-corrected chi connectivity index (χ0v) is 28.5. The lowest BCUT2D eigenvalue weighted by atomic mass is 9.97. The third kappa shape index (κ3) is 10.9. The summed E-state index contributed by atoms with van der Waals surface area (Å²) in [5.41, 5.74) is -1.46. The molecule has 0 aliphatic rings. The van der Waals surface area contributed by atoms with Crippen molar-refractivity contribution in [1.82, 2.24) is 9.21 Å². The number of hydrogen-bond donors (Lipinski definition) is 0. The van der Waals surface area contributed by atoms with Crippen LogP contribution in [-0.4, -0.2) is 88.1 Å². The molecule has 0 unspecified atom stereocenters. The number of carbonyl (C=O) groups excluding carboxylic acids is 2. The Kier molecular flexibility index (Phi) is 13.8. The lowest BCUT2D eigenvalue weighted by Gasteiger charge is -2.44. The van der Waals surface area contributed by atoms with Gasteiger partial charge in [-0.2, -0.15) is 4.31 Å². The second-order valence-electron chi connectivity index (χ2n) is 11.9. The number of carbonyl (C=O) groups is 2. The summed E-state index contributed by atoms with van der Waals surface area (Å²) >= 11 is 0. The maximum Gasteiger partial charge on any atom is 0.410 e. The van der Waals surface area contributed by atoms with Gasteiger partial charge in [-0.1, -0.05) is 19.1 Å². The first-order valence-corrected chi connectivity index (χ1v) is 16.0. The van der Waals surface area contributed by atoms with Crippen LogP contribution in [0, 0.1) is 11.7 Å². The molecule has 2 aromatic carbocycles. The monoisotopic (exact) mass is 654 g/mol. The van der Waals surface area contributed by atoms with Crippen molar-refractivity contribution >= 4 is 22.1 Å². The second kappa shape index (κ2) is 16.3. The smallest absolute Gasteiger partial charge is 0.410 e. The highest BCUT2D eigenvalue weighted by Crippen LogP contribution is 2.32. The molecule has 1 amide bonds. The van der Waals surface area contributed by atoms with Crippen molar-refractivity contribution in [3.8, 4) is 5.75 Å². The van der Waals surface area contributed by atoms with Crippen LogP contribution < -0.4 is 4.74 Å². The Balaban J connectivity index is 2.37. The summed E-state index contributed by atoms with van der Waals surface area (Å²) in [7, 11) is -0.0426. The van der Waals surface area contributed by atoms with Gasteiger partial charge >= 0.3 is 12.1 Å². The predicted molar refractivity (Wildman–Crippen MR) is 167 cm³/mol. The van der Waals surface area contributed by atoms with E-state index in [4.69, 9.17) is 23.7 Å². The van der Waals surface area contributed by atoms with Gasteiger partial charge < -0.3 is 28.6 Å². The molecule has 252 valence electrons. The Morgan fingerprint density at radius 2 is 1.56 bits per heavy atom. The molecule has 0 N–H and O–H groups in total. The zero-order chi connectivity index (χ0) is 34.0. The van der Waals surface area contributed by atoms with Crippen LogP contribution in [0.1, 0.15) is 53.5 Å². The van der Waals surface area contributed by atoms with Crippen LogP contribution >= 0.6 is 0 Å². The van der Waals surface area contributed by atoms with Gasteiger partial charge in [0.05, 0.1) is 51.4 Å². The number of sulfonamides is 1. The number of halogens is 1. The normalized spacial score (nSPS) is 14.7. The van der Waals surface area contributed by atoms with E-state index in [0.717, 1.165) is 39.9 Å². The molecule has 0 fully saturated rings. The fraction of sp³-hybridized carbons (Fsp3) is 0.562. The van der Waals surface area contributed by atoms with Crippen molar-refractivity contribution in [2.75, 3.05) is 41.0 Å². The van der Waals surface area contributed by atoms with Crippen molar-refractivity contribution in [2.24, 2.45) is 5.92 Å². The highest BCUT2D eigenvalue weighted by atomic mass is 32.2. The Morgan fingerprint density at radius 1 is 0.956 bits per heavy atom. The maximum atomic E-state index is 13.7. The van der Waals surface area contributed by atoms with Gasteiger partial charge in [-0.3, -0.25) is 4.79 Å². The van der Waals surface area contributed by atoms with E-state index in [1.54, 1.807) is 48.7 Å². The predicted octanol–water partition coefficient (Wildman–Crippen LogP) is 5.23. The first-order valence-electron chi connectivity index (χ1n) is 14.6. The molecule has 13 heteroatoms. The molecule has 0 aliphatic heterocycles. The van der Waals surface area contributed by atoms with Crippen molar-refractivity contribution in [3.05, 3.63) is 59.9 Å². The minimum absolute atomic E-state index is 0.0000220. The molecular weight excluding hydrogens is 607 g/mol. The lowest BCUT2D eigenvalue weighted by molar-refractivity contribution is -0.155. The zero-order valence-electron chi connectivity index (χ0n) is 27.7. The molecule has 0 saturated heterocycles. The average Bonchev–Trinajstić information content (AvgIpc) is 2.98. The molecule has 2 rings (SSSR count). The summed E-state index contributed by atoms with van der Waals surface area (Å²) in [6, 6.07) is 11.4. The van der Waals surface area contributed by atoms with Crippen LogP contribution in [0.25, 0.3) is 0 Å². The molecule has 45 heavy (non-hydrogen) atoms. The summed E-state index contributed by atoms with van der Waals surface area (Å²) in [6.07, 6.45) is -0.745. The standard InChI is InChI=1S/C32H47FN2O9S/c1-23(32(6,43-19-18-29(36)41-9)34(7)45(38,39)28-16-12-26(33)13-17-28)20-35(30(37)44-31(3,4)5)24(2)21-42-22-25-10-14-27(40-8)15-11-25/h10-17,23-24H,18-22H2,1-9H3/t23-,24+,32-/m1/s1. The van der Waals surface area contributed by atoms with Gasteiger partial charge in [-0.05, 0) is 76.6 Å². The van der Waals surface area contributed by atoms with E-state index in [0.29, 0.717) is 6.61 Å². The van der Waals surface area contributed by atoms with E-state index in [9.17, 15) is 22.4 Å². The highest BCUT2D eigenvalue weighted by molar-refractivity contribution is 7.89. The molecule has 2 aromatic rings. The van der Waals surface area contributed by atoms with Crippen LogP contribution in [0.2, 0.25) is 0 Å². The molecule has 0 aliphatic carbocycles. The third-order valence-electron chi connectivity index (χ3n) is 7.36. The summed E-state index contributed by atoms with van der Waals surface area (Å²) < 4.78 is 69.7. The molecule has 0 saturated carbocycles. The molecule has 0 bridgehead atoms. The molecular formula is C32H47FN2O9S. The van der Waals surface area contributed by atoms with Gasteiger partial charge in [0.1, 0.15) is 22.9 Å². The average molecular weight is 655 g/mol. The lowest BCUT2D eigenvalue weighted by Crippen LogP contribution is -2.58. The van der Waals surface area contributed by atoms with Crippen molar-refractivity contribution in [1.29, 1.82) is 0 Å². The first-order chi connectivity index (χ1) is 20.9. The van der Waals surface area contributed by atoms with E-state index in [1.807, 2.05) is 24.3 Å². The topological polar surface area (TPSA) is 121 Å². The number of nitrogens with zero attached hydrogens (tertiary/aromatic N) is 2. The van der Waals surface area contributed by atoms with E-state index in [2.05, 4.69) is 0 Å². The van der Waals surface area contributed by atoms with Crippen LogP contribution in [-0.2, 0) is 40.4 Å². The first kappa shape index (κ1) is 37.9. The van der Waals surface area contributed by atoms with Crippen molar-refractivity contribution in [3.63, 3.8) is 0 Å². The SMILES string of the molecule is COC(=O)CCO[C@](C)([C@H](C)CN(C(=O)OC(C)(C)C)[C@@H](C)COCc1ccc(OC)cc1)N(C)S(=O)(=O)c1ccc(F)cc1. The van der Waals surface area contributed by atoms with Gasteiger partial charge in [0.25, 0.3) is 0 Å². The Morgan fingerprint density at radius 3 is 2.09 bits per heavy atom. The van der Waals surface area contributed by atoms with Gasteiger partial charge in [0, 0.05) is 19.5 Å². The molecule has 0 heterocycles. The molecule has 0 radical (unpaired) electrons. The van der Waals surface area contributed by atoms with Crippen LogP contribution in [0.15, 0.2) is 53.4 Å². The molecule has 3 atom stereocenters. The van der Waals surface area contributed by atoms with Crippen molar-refractivity contribution in [2.45, 2.75) is 76.8 Å². The molecule has 0 aromatic heterocycles. The Hall–Kier alpha value is -3.26. The summed E-state index contributed by atoms with van der Waals surface area (Å²) in [5.74, 6) is -1.07. The minimum Gasteiger partial charge on any atom is -0.497 e. The number of benzene rings is 2. The second-order valence-corrected chi connectivity index (χ2v) is 13.9. The number of rotatable bonds is 16. The number of hydrogen-bond acceptors (Lipinski definition) is 9. The largest absolute Gasteiger partial charge is 0.497 e. The van der Waals surface area contributed by atoms with Gasteiger partial charge in [0.2, 0.25) is 10.0 Å². The van der Waals surface area contributed by atoms with Gasteiger partial charge in [-0.25, -0.2) is 17.6 Å². The molecule has 11 nitrogen and oxygen atoms in total. The summed E-state index contributed by atoms with van der Waals surface area (Å²) in [6.45, 7) is 10.6. The minimum atomic E-state index is -4.21. The number of ether oxygens (including phenoxy) is 5. The van der Waals surface area contributed by atoms with Crippen LogP contribution in [0.5, 0.6) is 5.75 Å². The van der Waals surface area contributed by atoms with E-state index in [1.165, 1.54) is 19.1 Å². The van der Waals surface area contributed by atoms with E-state index < -0.39 is 51.2 Å². The van der Waals surface area contributed by atoms with Crippen LogP contribution in [0.3, 0.4) is 0 Å². The highest BCUT2D eigenvalue weighted by Gasteiger charge is 2.45. The molecule has 0 spiro atoms. The quantitative estimate of drug-likeness (QED) is 0.177. The van der Waals surface area contributed by atoms with Gasteiger partial charge in [-0.15, -0.1) is 0 Å². The fourth-order valence-electron chi connectivity index (χ4n) is 4.37. The fourth-order valence-corrected chi connectivity index (χ4v) is 5.87. The van der Waals surface area contributed by atoms with E-state index in [-0.39, 0.29) is 31.1 Å². The third-order valence-corrected chi connectivity index (χ3v) is 9.31. The number of methoxy groups -OCH3 is 2. The Labute approximate surface area is 266 Å². The summed E-state index contributed by atoms with van der Waals surface area (Å²) in [4.78, 5) is 26.7. The van der Waals surface area contributed by atoms with Crippen molar-refractivity contribution < 1.29 is 46.1 Å². The van der Waals surface area contributed by atoms with Crippen LogP contribution in [0.4, 0.5) is 9.18 Å². The maximum absolute atomic E-state index is 13.7. The van der Waals surface area contributed by atoms with E-state index >= 15 is 0 Å². The number of amides is 1. The van der Waals surface area contributed by atoms with Gasteiger partial charge in [0.15, 0.2) is 0 Å². The Bertz CT molecular complexity index is 1350. The summed E-state index contributed by atoms with van der Waals surface area (Å²) in [5, 5.41) is 0. The number of esters is 1.